The maximum atomic E-state index is 10.9. The van der Waals surface area contributed by atoms with Crippen molar-refractivity contribution in [1.82, 2.24) is 0 Å². The maximum Gasteiger partial charge on any atom is 0.164 e. The van der Waals surface area contributed by atoms with Crippen LogP contribution in [0.1, 0.15) is 6.92 Å². The van der Waals surface area contributed by atoms with Crippen LogP contribution in [0.5, 0.6) is 0 Å². The molecule has 72 valence electrons. The van der Waals surface area contributed by atoms with Crippen LogP contribution in [0.4, 0.5) is 5.69 Å². The van der Waals surface area contributed by atoms with Gasteiger partial charge in [0.05, 0.1) is 17.5 Å². The second-order valence-electron chi connectivity index (χ2n) is 2.73. The van der Waals surface area contributed by atoms with Crippen molar-refractivity contribution >= 4 is 17.7 Å². The van der Waals surface area contributed by atoms with Gasteiger partial charge in [-0.1, -0.05) is 18.2 Å². The van der Waals surface area contributed by atoms with Crippen molar-refractivity contribution in [1.29, 1.82) is 0 Å². The minimum absolute atomic E-state index is 0.189. The number of carbonyl (C=O) groups excluding carboxylic acids is 1. The molecule has 14 heavy (non-hydrogen) atoms. The SMILES string of the molecule is CC(=O)/C(C=Nc1ccccc1)=C/O. The zero-order valence-electron chi connectivity index (χ0n) is 7.84. The Kier molecular flexibility index (Phi) is 3.61. The Balaban J connectivity index is 2.78. The number of benzene rings is 1. The fraction of sp³-hybridized carbons (Fsp3) is 0.0909. The standard InChI is InChI=1S/C11H11NO2/c1-9(14)10(8-13)7-12-11-5-3-2-4-6-11/h2-8,13H,1H3/b10-8+,12-7?. The number of hydrogen-bond acceptors (Lipinski definition) is 3. The van der Waals surface area contributed by atoms with E-state index in [1.54, 1.807) is 0 Å². The first kappa shape index (κ1) is 10.2. The van der Waals surface area contributed by atoms with E-state index in [9.17, 15) is 4.79 Å². The van der Waals surface area contributed by atoms with E-state index in [1.807, 2.05) is 30.3 Å². The van der Waals surface area contributed by atoms with Crippen molar-refractivity contribution in [3.8, 4) is 0 Å². The molecule has 0 amide bonds. The molecule has 3 nitrogen and oxygen atoms in total. The van der Waals surface area contributed by atoms with Crippen LogP contribution in [0.3, 0.4) is 0 Å². The molecule has 0 saturated carbocycles. The van der Waals surface area contributed by atoms with Crippen LogP contribution >= 0.6 is 0 Å². The lowest BCUT2D eigenvalue weighted by Gasteiger charge is -1.93. The van der Waals surface area contributed by atoms with E-state index in [0.29, 0.717) is 0 Å². The minimum atomic E-state index is -0.216. The van der Waals surface area contributed by atoms with E-state index in [0.717, 1.165) is 11.9 Å². The molecule has 0 fully saturated rings. The second-order valence-corrected chi connectivity index (χ2v) is 2.73. The number of Topliss-reactive ketones (excluding diaryl/α,β-unsaturated/α-hetero) is 1. The van der Waals surface area contributed by atoms with E-state index in [4.69, 9.17) is 5.11 Å². The lowest BCUT2D eigenvalue weighted by atomic mass is 10.2. The van der Waals surface area contributed by atoms with E-state index in [-0.39, 0.29) is 11.4 Å². The molecule has 3 heteroatoms. The zero-order valence-corrected chi connectivity index (χ0v) is 7.84. The number of aliphatic imine (C=N–C) groups is 1. The van der Waals surface area contributed by atoms with Crippen LogP contribution in [0, 0.1) is 0 Å². The highest BCUT2D eigenvalue weighted by atomic mass is 16.2. The molecule has 1 aromatic carbocycles. The first-order valence-electron chi connectivity index (χ1n) is 4.18. The zero-order chi connectivity index (χ0) is 10.4. The molecule has 1 aromatic rings. The molecule has 0 radical (unpaired) electrons. The van der Waals surface area contributed by atoms with Gasteiger partial charge in [0, 0.05) is 6.21 Å². The van der Waals surface area contributed by atoms with Gasteiger partial charge in [-0.2, -0.15) is 0 Å². The summed E-state index contributed by atoms with van der Waals surface area (Å²) in [6.07, 6.45) is 2.10. The van der Waals surface area contributed by atoms with E-state index < -0.39 is 0 Å². The molecule has 0 aliphatic rings. The van der Waals surface area contributed by atoms with Crippen LogP contribution in [-0.2, 0) is 4.79 Å². The van der Waals surface area contributed by atoms with E-state index in [2.05, 4.69) is 4.99 Å². The quantitative estimate of drug-likeness (QED) is 0.451. The van der Waals surface area contributed by atoms with Gasteiger partial charge >= 0.3 is 0 Å². The van der Waals surface area contributed by atoms with Crippen molar-refractivity contribution in [3.05, 3.63) is 42.2 Å². The van der Waals surface area contributed by atoms with Crippen molar-refractivity contribution < 1.29 is 9.90 Å². The number of aliphatic hydroxyl groups is 1. The highest BCUT2D eigenvalue weighted by Crippen LogP contribution is 2.09. The Morgan fingerprint density at radius 3 is 2.50 bits per heavy atom. The van der Waals surface area contributed by atoms with Gasteiger partial charge in [-0.15, -0.1) is 0 Å². The van der Waals surface area contributed by atoms with Crippen molar-refractivity contribution in [2.24, 2.45) is 4.99 Å². The Labute approximate surface area is 82.4 Å². The first-order chi connectivity index (χ1) is 6.74. The smallest absolute Gasteiger partial charge is 0.164 e. The average molecular weight is 189 g/mol. The summed E-state index contributed by atoms with van der Waals surface area (Å²) in [4.78, 5) is 14.9. The van der Waals surface area contributed by atoms with Gasteiger partial charge in [0.15, 0.2) is 5.78 Å². The molecule has 1 N–H and O–H groups in total. The Morgan fingerprint density at radius 2 is 2.00 bits per heavy atom. The summed E-state index contributed by atoms with van der Waals surface area (Å²) >= 11 is 0. The lowest BCUT2D eigenvalue weighted by Crippen LogP contribution is -1.97. The van der Waals surface area contributed by atoms with E-state index in [1.165, 1.54) is 13.1 Å². The molecule has 1 rings (SSSR count). The Bertz CT molecular complexity index is 366. The molecule has 0 atom stereocenters. The van der Waals surface area contributed by atoms with Crippen LogP contribution in [-0.4, -0.2) is 17.1 Å². The number of carbonyl (C=O) groups is 1. The molecular formula is C11H11NO2. The van der Waals surface area contributed by atoms with Gasteiger partial charge in [0.1, 0.15) is 0 Å². The van der Waals surface area contributed by atoms with Crippen LogP contribution in [0.25, 0.3) is 0 Å². The third-order valence-electron chi connectivity index (χ3n) is 1.65. The van der Waals surface area contributed by atoms with Gasteiger partial charge in [0.25, 0.3) is 0 Å². The normalized spacial score (nSPS) is 11.9. The van der Waals surface area contributed by atoms with Crippen LogP contribution in [0.2, 0.25) is 0 Å². The molecule has 0 unspecified atom stereocenters. The summed E-state index contributed by atoms with van der Waals surface area (Å²) in [6.45, 7) is 1.37. The molecule has 0 aromatic heterocycles. The van der Waals surface area contributed by atoms with Gasteiger partial charge in [0.2, 0.25) is 0 Å². The number of nitrogens with zero attached hydrogens (tertiary/aromatic N) is 1. The fourth-order valence-corrected chi connectivity index (χ4v) is 0.873. The predicted octanol–water partition coefficient (Wildman–Crippen LogP) is 2.42. The minimum Gasteiger partial charge on any atom is -0.515 e. The number of ketones is 1. The lowest BCUT2D eigenvalue weighted by molar-refractivity contribution is -0.113. The van der Waals surface area contributed by atoms with Gasteiger partial charge in [-0.05, 0) is 19.1 Å². The van der Waals surface area contributed by atoms with Crippen LogP contribution in [0.15, 0.2) is 47.2 Å². The summed E-state index contributed by atoms with van der Waals surface area (Å²) in [6, 6.07) is 9.20. The summed E-state index contributed by atoms with van der Waals surface area (Å²) < 4.78 is 0. The summed E-state index contributed by atoms with van der Waals surface area (Å²) in [5, 5.41) is 8.70. The highest BCUT2D eigenvalue weighted by molar-refractivity contribution is 6.12. The number of rotatable bonds is 3. The molecule has 0 saturated heterocycles. The van der Waals surface area contributed by atoms with Gasteiger partial charge in [-0.3, -0.25) is 9.79 Å². The summed E-state index contributed by atoms with van der Waals surface area (Å²) in [5.41, 5.74) is 0.932. The van der Waals surface area contributed by atoms with Gasteiger partial charge in [-0.25, -0.2) is 0 Å². The largest absolute Gasteiger partial charge is 0.515 e. The average Bonchev–Trinajstić information content (AvgIpc) is 2.20. The van der Waals surface area contributed by atoms with Crippen molar-refractivity contribution in [3.63, 3.8) is 0 Å². The maximum absolute atomic E-state index is 10.9. The molecule has 0 aliphatic heterocycles. The third kappa shape index (κ3) is 2.86. The third-order valence-corrected chi connectivity index (χ3v) is 1.65. The van der Waals surface area contributed by atoms with Crippen molar-refractivity contribution in [2.75, 3.05) is 0 Å². The highest BCUT2D eigenvalue weighted by Gasteiger charge is 1.98. The monoisotopic (exact) mass is 189 g/mol. The topological polar surface area (TPSA) is 49.7 Å². The fourth-order valence-electron chi connectivity index (χ4n) is 0.873. The Hall–Kier alpha value is -1.90. The van der Waals surface area contributed by atoms with Crippen LogP contribution < -0.4 is 0 Å². The first-order valence-corrected chi connectivity index (χ1v) is 4.18. The number of aliphatic hydroxyl groups excluding tert-OH is 1. The molecule has 0 spiro atoms. The Morgan fingerprint density at radius 1 is 1.36 bits per heavy atom. The molecule has 0 aliphatic carbocycles. The number of hydrogen-bond donors (Lipinski definition) is 1. The van der Waals surface area contributed by atoms with Gasteiger partial charge < -0.3 is 5.11 Å². The summed E-state index contributed by atoms with van der Waals surface area (Å²) in [7, 11) is 0. The summed E-state index contributed by atoms with van der Waals surface area (Å²) in [5.74, 6) is -0.216. The molecule has 0 heterocycles. The molecule has 0 bridgehead atoms. The van der Waals surface area contributed by atoms with Crippen molar-refractivity contribution in [2.45, 2.75) is 6.92 Å². The number of para-hydroxylation sites is 1. The predicted molar refractivity (Wildman–Crippen MR) is 56.0 cm³/mol. The number of allylic oxidation sites excluding steroid dienone is 1. The van der Waals surface area contributed by atoms with E-state index >= 15 is 0 Å². The second kappa shape index (κ2) is 4.97. The molecular weight excluding hydrogens is 178 g/mol.